The standard InChI is InChI=1S/C14H19NO3.C13H17NO4.C9H11NO/c1-10(16)12(11-8-6-5-7-9-11)15-13(17)18-14(2,3)4;1-13(2,3)18-12(17)14-10(11(15)16)9-7-5-4-6-8-9;1-7(11)9(10)8-5-3-2-4-6-8/h5-9,12H,1-4H3,(H,15,17);4-8,10H,1-3H3,(H,14,17)(H,15,16);2-6,9H,10H2,1H3. The van der Waals surface area contributed by atoms with Crippen molar-refractivity contribution in [2.24, 2.45) is 5.73 Å². The molecule has 11 nitrogen and oxygen atoms in total. The Bertz CT molecular complexity index is 1350. The number of aliphatic carboxylic acids is 1. The van der Waals surface area contributed by atoms with Gasteiger partial charge in [0.1, 0.15) is 17.2 Å². The summed E-state index contributed by atoms with van der Waals surface area (Å²) in [7, 11) is 0. The lowest BCUT2D eigenvalue weighted by atomic mass is 10.0. The van der Waals surface area contributed by atoms with Crippen LogP contribution in [-0.4, -0.2) is 46.0 Å². The van der Waals surface area contributed by atoms with Crippen molar-refractivity contribution in [1.82, 2.24) is 10.6 Å². The van der Waals surface area contributed by atoms with Crippen molar-refractivity contribution in [3.63, 3.8) is 0 Å². The summed E-state index contributed by atoms with van der Waals surface area (Å²) in [5.41, 5.74) is 6.46. The third kappa shape index (κ3) is 16.7. The van der Waals surface area contributed by atoms with E-state index < -0.39 is 47.5 Å². The van der Waals surface area contributed by atoms with Crippen LogP contribution in [0.3, 0.4) is 0 Å². The maximum absolute atomic E-state index is 11.7. The molecule has 3 atom stereocenters. The van der Waals surface area contributed by atoms with Gasteiger partial charge in [-0.05, 0) is 72.1 Å². The highest BCUT2D eigenvalue weighted by Gasteiger charge is 2.25. The number of alkyl carbamates (subject to hydrolysis) is 2. The molecular weight excluding hydrogens is 602 g/mol. The second-order valence-electron chi connectivity index (χ2n) is 12.4. The smallest absolute Gasteiger partial charge is 0.408 e. The van der Waals surface area contributed by atoms with Crippen LogP contribution >= 0.6 is 0 Å². The monoisotopic (exact) mass is 649 g/mol. The minimum atomic E-state index is -1.13. The van der Waals surface area contributed by atoms with Crippen molar-refractivity contribution < 1.29 is 38.6 Å². The fourth-order valence-corrected chi connectivity index (χ4v) is 3.74. The summed E-state index contributed by atoms with van der Waals surface area (Å²) in [5.74, 6) is -1.27. The molecule has 0 heterocycles. The van der Waals surface area contributed by atoms with Gasteiger partial charge in [0, 0.05) is 0 Å². The van der Waals surface area contributed by atoms with E-state index in [2.05, 4.69) is 10.6 Å². The zero-order chi connectivity index (χ0) is 35.8. The van der Waals surface area contributed by atoms with E-state index in [9.17, 15) is 24.0 Å². The minimum absolute atomic E-state index is 0.00352. The third-order valence-corrected chi connectivity index (χ3v) is 5.84. The predicted molar refractivity (Wildman–Crippen MR) is 179 cm³/mol. The van der Waals surface area contributed by atoms with Crippen molar-refractivity contribution in [1.29, 1.82) is 0 Å². The van der Waals surface area contributed by atoms with E-state index in [4.69, 9.17) is 20.3 Å². The number of hydrogen-bond acceptors (Lipinski definition) is 8. The minimum Gasteiger partial charge on any atom is -0.479 e. The van der Waals surface area contributed by atoms with Gasteiger partial charge in [-0.15, -0.1) is 0 Å². The van der Waals surface area contributed by atoms with Crippen LogP contribution in [-0.2, 0) is 23.9 Å². The van der Waals surface area contributed by atoms with Gasteiger partial charge in [-0.25, -0.2) is 14.4 Å². The Kier molecular flexibility index (Phi) is 16.0. The average Bonchev–Trinajstić information content (AvgIpc) is 2.98. The lowest BCUT2D eigenvalue weighted by Gasteiger charge is -2.22. The largest absolute Gasteiger partial charge is 0.479 e. The molecule has 0 aliphatic rings. The summed E-state index contributed by atoms with van der Waals surface area (Å²) in [6, 6.07) is 24.7. The Morgan fingerprint density at radius 2 is 0.894 bits per heavy atom. The van der Waals surface area contributed by atoms with Gasteiger partial charge < -0.3 is 30.9 Å². The van der Waals surface area contributed by atoms with Gasteiger partial charge in [-0.1, -0.05) is 91.0 Å². The molecule has 3 aromatic carbocycles. The summed E-state index contributed by atoms with van der Waals surface area (Å²) in [4.78, 5) is 56.7. The number of rotatable bonds is 8. The number of hydrogen-bond donors (Lipinski definition) is 4. The summed E-state index contributed by atoms with van der Waals surface area (Å²) in [5, 5.41) is 14.0. The number of ether oxygens (including phenoxy) is 2. The molecule has 0 bridgehead atoms. The Hall–Kier alpha value is -5.03. The van der Waals surface area contributed by atoms with Gasteiger partial charge in [0.2, 0.25) is 0 Å². The highest BCUT2D eigenvalue weighted by molar-refractivity contribution is 5.86. The lowest BCUT2D eigenvalue weighted by Crippen LogP contribution is -2.38. The maximum atomic E-state index is 11.7. The predicted octanol–water partition coefficient (Wildman–Crippen LogP) is 6.45. The first-order chi connectivity index (χ1) is 21.8. The average molecular weight is 650 g/mol. The molecule has 47 heavy (non-hydrogen) atoms. The van der Waals surface area contributed by atoms with Crippen molar-refractivity contribution >= 4 is 29.7 Å². The van der Waals surface area contributed by atoms with Crippen LogP contribution in [0.1, 0.15) is 90.2 Å². The molecule has 3 unspecified atom stereocenters. The molecule has 2 amide bonds. The molecule has 0 aromatic heterocycles. The number of Topliss-reactive ketones (excluding diaryl/α,β-unsaturated/α-hetero) is 2. The van der Waals surface area contributed by atoms with Crippen LogP contribution < -0.4 is 16.4 Å². The topological polar surface area (TPSA) is 174 Å². The molecule has 0 spiro atoms. The molecule has 3 aromatic rings. The molecule has 0 radical (unpaired) electrons. The summed E-state index contributed by atoms with van der Waals surface area (Å²) >= 11 is 0. The fraction of sp³-hybridized carbons (Fsp3) is 0.361. The summed E-state index contributed by atoms with van der Waals surface area (Å²) in [6.07, 6.45) is -1.34. The second-order valence-corrected chi connectivity index (χ2v) is 12.4. The van der Waals surface area contributed by atoms with Crippen LogP contribution in [0.4, 0.5) is 9.59 Å². The van der Waals surface area contributed by atoms with Crippen LogP contribution in [0.2, 0.25) is 0 Å². The van der Waals surface area contributed by atoms with Gasteiger partial charge in [0.25, 0.3) is 0 Å². The van der Waals surface area contributed by atoms with Crippen LogP contribution in [0, 0.1) is 0 Å². The molecule has 5 N–H and O–H groups in total. The Morgan fingerprint density at radius 1 is 0.574 bits per heavy atom. The highest BCUT2D eigenvalue weighted by Crippen LogP contribution is 2.16. The molecular formula is C36H47N3O8. The number of carboxylic acid groups (broad SMARTS) is 1. The second kappa shape index (κ2) is 18.8. The molecule has 0 aliphatic carbocycles. The quantitative estimate of drug-likeness (QED) is 0.214. The molecule has 11 heteroatoms. The molecule has 3 rings (SSSR count). The van der Waals surface area contributed by atoms with E-state index >= 15 is 0 Å². The van der Waals surface area contributed by atoms with Crippen LogP contribution in [0.25, 0.3) is 0 Å². The van der Waals surface area contributed by atoms with Gasteiger partial charge in [-0.3, -0.25) is 9.59 Å². The van der Waals surface area contributed by atoms with E-state index in [1.165, 1.54) is 13.8 Å². The van der Waals surface area contributed by atoms with E-state index in [-0.39, 0.29) is 11.6 Å². The van der Waals surface area contributed by atoms with E-state index in [0.717, 1.165) is 11.1 Å². The maximum Gasteiger partial charge on any atom is 0.408 e. The van der Waals surface area contributed by atoms with Gasteiger partial charge in [0.15, 0.2) is 17.6 Å². The number of amides is 2. The Labute approximate surface area is 276 Å². The van der Waals surface area contributed by atoms with Crippen molar-refractivity contribution in [3.8, 4) is 0 Å². The normalized spacial score (nSPS) is 12.6. The van der Waals surface area contributed by atoms with E-state index in [1.807, 2.05) is 48.5 Å². The number of carbonyl (C=O) groups is 5. The number of benzene rings is 3. The Balaban J connectivity index is 0.000000364. The zero-order valence-electron chi connectivity index (χ0n) is 28.3. The van der Waals surface area contributed by atoms with Gasteiger partial charge >= 0.3 is 18.2 Å². The molecule has 0 saturated carbocycles. The van der Waals surface area contributed by atoms with Gasteiger partial charge in [-0.2, -0.15) is 0 Å². The lowest BCUT2D eigenvalue weighted by molar-refractivity contribution is -0.139. The SMILES string of the molecule is CC(=O)C(N)c1ccccc1.CC(=O)C(NC(=O)OC(C)(C)C)c1ccccc1.CC(C)(C)OC(=O)NC(C(=O)O)c1ccccc1. The molecule has 0 saturated heterocycles. The molecule has 0 aliphatic heterocycles. The first-order valence-corrected chi connectivity index (χ1v) is 14.9. The van der Waals surface area contributed by atoms with Crippen molar-refractivity contribution in [2.75, 3.05) is 0 Å². The van der Waals surface area contributed by atoms with Crippen LogP contribution in [0.15, 0.2) is 91.0 Å². The first kappa shape index (κ1) is 40.0. The van der Waals surface area contributed by atoms with Crippen molar-refractivity contribution in [3.05, 3.63) is 108 Å². The number of carboxylic acids is 1. The van der Waals surface area contributed by atoms with Gasteiger partial charge in [0.05, 0.1) is 6.04 Å². The molecule has 0 fully saturated rings. The summed E-state index contributed by atoms with van der Waals surface area (Å²) in [6.45, 7) is 13.4. The first-order valence-electron chi connectivity index (χ1n) is 14.9. The number of ketones is 2. The van der Waals surface area contributed by atoms with Crippen LogP contribution in [0.5, 0.6) is 0 Å². The highest BCUT2D eigenvalue weighted by atomic mass is 16.6. The van der Waals surface area contributed by atoms with E-state index in [1.54, 1.807) is 84.0 Å². The number of nitrogens with one attached hydrogen (secondary N) is 2. The number of nitrogens with two attached hydrogens (primary N) is 1. The zero-order valence-corrected chi connectivity index (χ0v) is 28.3. The van der Waals surface area contributed by atoms with E-state index in [0.29, 0.717) is 5.56 Å². The Morgan fingerprint density at radius 3 is 1.19 bits per heavy atom. The molecule has 254 valence electrons. The summed E-state index contributed by atoms with van der Waals surface area (Å²) < 4.78 is 10.2. The van der Waals surface area contributed by atoms with Crippen molar-refractivity contribution in [2.45, 2.75) is 84.7 Å². The number of carbonyl (C=O) groups excluding carboxylic acids is 4. The third-order valence-electron chi connectivity index (χ3n) is 5.84. The fourth-order valence-electron chi connectivity index (χ4n) is 3.74.